The van der Waals surface area contributed by atoms with Crippen LogP contribution in [0.3, 0.4) is 0 Å². The summed E-state index contributed by atoms with van der Waals surface area (Å²) in [6.45, 7) is 0.344. The molecule has 0 aliphatic rings. The van der Waals surface area contributed by atoms with Crippen LogP contribution in [0.1, 0.15) is 5.56 Å². The number of anilines is 1. The molecule has 4 nitrogen and oxygen atoms in total. The van der Waals surface area contributed by atoms with Crippen molar-refractivity contribution in [3.05, 3.63) is 58.9 Å². The number of carbonyl (C=O) groups excluding carboxylic acids is 1. The molecule has 2 aromatic carbocycles. The number of hydrogen-bond acceptors (Lipinski definition) is 2. The average molecular weight is 309 g/mol. The summed E-state index contributed by atoms with van der Waals surface area (Å²) < 4.78 is 13.0. The number of benzene rings is 2. The highest BCUT2D eigenvalue weighted by Crippen LogP contribution is 2.26. The standard InChI is InChI=1S/C15H14ClFN2O2/c16-11-4-5-14(20)13(9-11)19-15(21)18-7-6-10-2-1-3-12(17)8-10/h1-5,8-9,20H,6-7H2,(H2,18,19,21). The van der Waals surface area contributed by atoms with Crippen molar-refractivity contribution in [2.24, 2.45) is 0 Å². The normalized spacial score (nSPS) is 10.2. The van der Waals surface area contributed by atoms with Crippen LogP contribution in [0.2, 0.25) is 5.02 Å². The molecule has 21 heavy (non-hydrogen) atoms. The summed E-state index contributed by atoms with van der Waals surface area (Å²) in [7, 11) is 0. The van der Waals surface area contributed by atoms with E-state index in [0.29, 0.717) is 18.0 Å². The van der Waals surface area contributed by atoms with Crippen molar-refractivity contribution in [1.82, 2.24) is 5.32 Å². The van der Waals surface area contributed by atoms with Crippen LogP contribution >= 0.6 is 11.6 Å². The third-order valence-electron chi connectivity index (χ3n) is 2.80. The van der Waals surface area contributed by atoms with Gasteiger partial charge in [0.25, 0.3) is 0 Å². The van der Waals surface area contributed by atoms with Crippen LogP contribution in [0.15, 0.2) is 42.5 Å². The fourth-order valence-electron chi connectivity index (χ4n) is 1.79. The molecular formula is C15H14ClFN2O2. The van der Waals surface area contributed by atoms with Gasteiger partial charge in [-0.1, -0.05) is 23.7 Å². The topological polar surface area (TPSA) is 61.4 Å². The quantitative estimate of drug-likeness (QED) is 0.756. The SMILES string of the molecule is O=C(NCCc1cccc(F)c1)Nc1cc(Cl)ccc1O. The molecule has 0 aliphatic carbocycles. The first-order valence-corrected chi connectivity index (χ1v) is 6.70. The maximum atomic E-state index is 13.0. The number of urea groups is 1. The second-order valence-corrected chi connectivity index (χ2v) is 4.86. The number of aromatic hydroxyl groups is 1. The lowest BCUT2D eigenvalue weighted by Crippen LogP contribution is -2.30. The van der Waals surface area contributed by atoms with Crippen molar-refractivity contribution in [3.63, 3.8) is 0 Å². The van der Waals surface area contributed by atoms with E-state index in [9.17, 15) is 14.3 Å². The molecule has 0 radical (unpaired) electrons. The van der Waals surface area contributed by atoms with E-state index in [0.717, 1.165) is 5.56 Å². The second kappa shape index (κ2) is 6.95. The number of phenols is 1. The third kappa shape index (κ3) is 4.65. The number of hydrogen-bond donors (Lipinski definition) is 3. The second-order valence-electron chi connectivity index (χ2n) is 4.42. The Morgan fingerprint density at radius 2 is 2.05 bits per heavy atom. The van der Waals surface area contributed by atoms with Crippen LogP contribution in [0.5, 0.6) is 5.75 Å². The molecule has 0 bridgehead atoms. The molecule has 0 spiro atoms. The van der Waals surface area contributed by atoms with Gasteiger partial charge in [0.05, 0.1) is 5.69 Å². The summed E-state index contributed by atoms with van der Waals surface area (Å²) in [5, 5.41) is 15.1. The van der Waals surface area contributed by atoms with Gasteiger partial charge in [0.1, 0.15) is 11.6 Å². The molecule has 6 heteroatoms. The Labute approximate surface area is 126 Å². The summed E-state index contributed by atoms with van der Waals surface area (Å²) in [4.78, 5) is 11.7. The largest absolute Gasteiger partial charge is 0.506 e. The Morgan fingerprint density at radius 1 is 1.24 bits per heavy atom. The first-order valence-electron chi connectivity index (χ1n) is 6.32. The highest BCUT2D eigenvalue weighted by molar-refractivity contribution is 6.31. The predicted molar refractivity (Wildman–Crippen MR) is 80.2 cm³/mol. The maximum Gasteiger partial charge on any atom is 0.319 e. The van der Waals surface area contributed by atoms with Crippen molar-refractivity contribution in [3.8, 4) is 5.75 Å². The molecule has 2 aromatic rings. The third-order valence-corrected chi connectivity index (χ3v) is 3.03. The molecule has 0 fully saturated rings. The van der Waals surface area contributed by atoms with E-state index in [1.807, 2.05) is 0 Å². The highest BCUT2D eigenvalue weighted by Gasteiger charge is 2.06. The van der Waals surface area contributed by atoms with E-state index in [1.165, 1.54) is 30.3 Å². The molecule has 110 valence electrons. The fraction of sp³-hybridized carbons (Fsp3) is 0.133. The number of amides is 2. The van der Waals surface area contributed by atoms with Crippen LogP contribution in [-0.4, -0.2) is 17.7 Å². The average Bonchev–Trinajstić information content (AvgIpc) is 2.43. The molecule has 0 saturated heterocycles. The maximum absolute atomic E-state index is 13.0. The van der Waals surface area contributed by atoms with Crippen LogP contribution in [0, 0.1) is 5.82 Å². The molecule has 0 unspecified atom stereocenters. The first-order chi connectivity index (χ1) is 10.0. The number of carbonyl (C=O) groups is 1. The van der Waals surface area contributed by atoms with E-state index in [1.54, 1.807) is 12.1 Å². The van der Waals surface area contributed by atoms with Gasteiger partial charge in [-0.2, -0.15) is 0 Å². The molecule has 0 aromatic heterocycles. The Balaban J connectivity index is 1.84. The zero-order valence-electron chi connectivity index (χ0n) is 11.1. The van der Waals surface area contributed by atoms with E-state index >= 15 is 0 Å². The van der Waals surface area contributed by atoms with Gasteiger partial charge in [-0.05, 0) is 42.3 Å². The molecule has 0 atom stereocenters. The molecule has 0 aliphatic heterocycles. The van der Waals surface area contributed by atoms with Gasteiger partial charge < -0.3 is 15.7 Å². The monoisotopic (exact) mass is 308 g/mol. The summed E-state index contributed by atoms with van der Waals surface area (Å²) in [6, 6.07) is 10.1. The Morgan fingerprint density at radius 3 is 2.81 bits per heavy atom. The number of halogens is 2. The van der Waals surface area contributed by atoms with E-state index < -0.39 is 6.03 Å². The summed E-state index contributed by atoms with van der Waals surface area (Å²) in [5.41, 5.74) is 1.02. The van der Waals surface area contributed by atoms with Crippen molar-refractivity contribution in [2.75, 3.05) is 11.9 Å². The van der Waals surface area contributed by atoms with Crippen molar-refractivity contribution in [2.45, 2.75) is 6.42 Å². The van der Waals surface area contributed by atoms with Gasteiger partial charge >= 0.3 is 6.03 Å². The fourth-order valence-corrected chi connectivity index (χ4v) is 1.96. The van der Waals surface area contributed by atoms with Gasteiger partial charge in [-0.15, -0.1) is 0 Å². The minimum Gasteiger partial charge on any atom is -0.506 e. The Kier molecular flexibility index (Phi) is 5.00. The summed E-state index contributed by atoms with van der Waals surface area (Å²) >= 11 is 5.78. The molecule has 2 amide bonds. The first kappa shape index (κ1) is 15.1. The minimum absolute atomic E-state index is 0.0697. The van der Waals surface area contributed by atoms with Crippen LogP contribution in [-0.2, 0) is 6.42 Å². The molecule has 3 N–H and O–H groups in total. The predicted octanol–water partition coefficient (Wildman–Crippen LogP) is 3.55. The Hall–Kier alpha value is -2.27. The lowest BCUT2D eigenvalue weighted by molar-refractivity contribution is 0.252. The number of nitrogens with one attached hydrogen (secondary N) is 2. The number of phenolic OH excluding ortho intramolecular Hbond substituents is 1. The van der Waals surface area contributed by atoms with E-state index in [2.05, 4.69) is 10.6 Å². The molecule has 0 saturated carbocycles. The summed E-state index contributed by atoms with van der Waals surface area (Å²) in [5.74, 6) is -0.375. The van der Waals surface area contributed by atoms with Crippen LogP contribution in [0.25, 0.3) is 0 Å². The van der Waals surface area contributed by atoms with E-state index in [-0.39, 0.29) is 17.3 Å². The lowest BCUT2D eigenvalue weighted by Gasteiger charge is -2.09. The van der Waals surface area contributed by atoms with Crippen molar-refractivity contribution in [1.29, 1.82) is 0 Å². The van der Waals surface area contributed by atoms with Gasteiger partial charge in [0, 0.05) is 11.6 Å². The van der Waals surface area contributed by atoms with Gasteiger partial charge in [0.15, 0.2) is 0 Å². The molecule has 2 rings (SSSR count). The van der Waals surface area contributed by atoms with E-state index in [4.69, 9.17) is 11.6 Å². The molecule has 0 heterocycles. The smallest absolute Gasteiger partial charge is 0.319 e. The van der Waals surface area contributed by atoms with Gasteiger partial charge in [-0.3, -0.25) is 0 Å². The van der Waals surface area contributed by atoms with Crippen molar-refractivity contribution >= 4 is 23.3 Å². The minimum atomic E-state index is -0.469. The van der Waals surface area contributed by atoms with Crippen LogP contribution in [0.4, 0.5) is 14.9 Å². The zero-order valence-corrected chi connectivity index (χ0v) is 11.8. The lowest BCUT2D eigenvalue weighted by atomic mass is 10.1. The Bertz CT molecular complexity index is 649. The molecular weight excluding hydrogens is 295 g/mol. The zero-order chi connectivity index (χ0) is 15.2. The van der Waals surface area contributed by atoms with Crippen molar-refractivity contribution < 1.29 is 14.3 Å². The highest BCUT2D eigenvalue weighted by atomic mass is 35.5. The van der Waals surface area contributed by atoms with Gasteiger partial charge in [0.2, 0.25) is 0 Å². The number of rotatable bonds is 4. The summed E-state index contributed by atoms with van der Waals surface area (Å²) in [6.07, 6.45) is 0.507. The van der Waals surface area contributed by atoms with Gasteiger partial charge in [-0.25, -0.2) is 9.18 Å². The van der Waals surface area contributed by atoms with Crippen LogP contribution < -0.4 is 10.6 Å².